The second-order valence-electron chi connectivity index (χ2n) is 17.9. The second-order valence-corrected chi connectivity index (χ2v) is 30.1. The van der Waals surface area contributed by atoms with Crippen LogP contribution in [0.1, 0.15) is 76.9 Å². The summed E-state index contributed by atoms with van der Waals surface area (Å²) >= 11 is 0. The molecule has 55 heavy (non-hydrogen) atoms. The maximum Gasteiger partial charge on any atom is 0.0933 e. The van der Waals surface area contributed by atoms with Crippen LogP contribution in [0.15, 0.2) is 159 Å². The summed E-state index contributed by atoms with van der Waals surface area (Å²) in [5, 5.41) is 2.79. The van der Waals surface area contributed by atoms with E-state index in [2.05, 4.69) is 201 Å². The van der Waals surface area contributed by atoms with Gasteiger partial charge in [-0.15, -0.1) is 0 Å². The van der Waals surface area contributed by atoms with Crippen LogP contribution in [0.5, 0.6) is 0 Å². The molecule has 0 radical (unpaired) electrons. The number of allylic oxidation sites excluding steroid dienone is 8. The molecule has 2 aromatic carbocycles. The van der Waals surface area contributed by atoms with Crippen molar-refractivity contribution in [1.82, 2.24) is 9.97 Å². The van der Waals surface area contributed by atoms with E-state index in [1.165, 1.54) is 21.5 Å². The van der Waals surface area contributed by atoms with Gasteiger partial charge < -0.3 is 4.74 Å². The molecule has 0 aliphatic heterocycles. The van der Waals surface area contributed by atoms with Crippen molar-refractivity contribution in [2.75, 3.05) is 0 Å². The zero-order valence-electron chi connectivity index (χ0n) is 34.0. The van der Waals surface area contributed by atoms with E-state index in [1.807, 2.05) is 12.2 Å². The lowest BCUT2D eigenvalue weighted by Crippen LogP contribution is -2.62. The van der Waals surface area contributed by atoms with E-state index in [1.54, 1.807) is 0 Å². The summed E-state index contributed by atoms with van der Waals surface area (Å²) in [6.07, 6.45) is 29.0. The fourth-order valence-electron chi connectivity index (χ4n) is 8.87. The molecule has 2 heterocycles. The van der Waals surface area contributed by atoms with Crippen LogP contribution < -0.4 is 10.4 Å². The van der Waals surface area contributed by atoms with Crippen molar-refractivity contribution in [3.8, 4) is 0 Å². The molecule has 0 bridgehead atoms. The quantitative estimate of drug-likeness (QED) is 0.125. The van der Waals surface area contributed by atoms with Crippen molar-refractivity contribution in [2.24, 2.45) is 10.8 Å². The Balaban J connectivity index is 1.71. The highest BCUT2D eigenvalue weighted by atomic mass is 28.3. The first kappa shape index (κ1) is 40.7. The molecule has 4 atom stereocenters. The van der Waals surface area contributed by atoms with Crippen LogP contribution in [0.3, 0.4) is 0 Å². The molecule has 0 N–H and O–H groups in total. The summed E-state index contributed by atoms with van der Waals surface area (Å²) in [6, 6.07) is 31.5. The van der Waals surface area contributed by atoms with Crippen LogP contribution in [-0.4, -0.2) is 48.0 Å². The molecule has 2 aliphatic carbocycles. The third kappa shape index (κ3) is 8.87. The van der Waals surface area contributed by atoms with Gasteiger partial charge in [0.05, 0.1) is 59.2 Å². The first-order valence-electron chi connectivity index (χ1n) is 19.9. The Hall–Kier alpha value is -3.99. The molecule has 0 spiro atoms. The van der Waals surface area contributed by atoms with Gasteiger partial charge in [-0.05, 0) is 69.2 Å². The van der Waals surface area contributed by atoms with Gasteiger partial charge in [0.2, 0.25) is 0 Å². The van der Waals surface area contributed by atoms with Gasteiger partial charge in [-0.2, -0.15) is 0 Å². The fraction of sp³-hybridized carbons (Fsp3) is 0.292. The third-order valence-electron chi connectivity index (χ3n) is 12.6. The van der Waals surface area contributed by atoms with E-state index in [9.17, 15) is 0 Å². The number of pyridine rings is 2. The zero-order chi connectivity index (χ0) is 39.2. The third-order valence-corrected chi connectivity index (χ3v) is 26.3. The molecule has 4 aromatic rings. The van der Waals surface area contributed by atoms with Crippen molar-refractivity contribution in [1.29, 1.82) is 0 Å². The largest absolute Gasteiger partial charge is 0.375 e. The van der Waals surface area contributed by atoms with Crippen LogP contribution in [0.25, 0.3) is 12.2 Å². The summed E-state index contributed by atoms with van der Waals surface area (Å²) in [6.45, 7) is 22.8. The van der Waals surface area contributed by atoms with Crippen molar-refractivity contribution in [3.05, 3.63) is 182 Å². The number of hydrogen-bond donors (Lipinski definition) is 0. The minimum Gasteiger partial charge on any atom is -0.375 e. The van der Waals surface area contributed by atoms with Crippen LogP contribution in [0, 0.1) is 10.8 Å². The van der Waals surface area contributed by atoms with Gasteiger partial charge in [-0.25, -0.2) is 0 Å². The number of hydrogen-bond acceptors (Lipinski definition) is 3. The predicted octanol–water partition coefficient (Wildman–Crippen LogP) is 7.47. The van der Waals surface area contributed by atoms with Crippen LogP contribution in [0.4, 0.5) is 0 Å². The smallest absolute Gasteiger partial charge is 0.0933 e. The highest BCUT2D eigenvalue weighted by molar-refractivity contribution is 6.73. The topological polar surface area (TPSA) is 35.0 Å². The van der Waals surface area contributed by atoms with E-state index in [-0.39, 0.29) is 20.9 Å². The fourth-order valence-corrected chi connectivity index (χ4v) is 24.7. The Morgan fingerprint density at radius 1 is 0.564 bits per heavy atom. The predicted molar refractivity (Wildman–Crippen MR) is 250 cm³/mol. The molecule has 6 rings (SSSR count). The summed E-state index contributed by atoms with van der Waals surface area (Å²) in [4.78, 5) is 9.13. The Morgan fingerprint density at radius 3 is 1.25 bits per heavy atom. The first-order valence-corrected chi connectivity index (χ1v) is 25.6. The molecule has 284 valence electrons. The lowest BCUT2D eigenvalue weighted by Gasteiger charge is -2.55. The Morgan fingerprint density at radius 2 is 0.964 bits per heavy atom. The average Bonchev–Trinajstić information content (AvgIpc) is 3.18. The molecule has 0 amide bonds. The Kier molecular flexibility index (Phi) is 12.3. The summed E-state index contributed by atoms with van der Waals surface area (Å²) in [5.74, 6) is 0. The maximum absolute atomic E-state index is 8.80. The van der Waals surface area contributed by atoms with E-state index in [0.29, 0.717) is 0 Å². The average molecular weight is 793 g/mol. The minimum absolute atomic E-state index is 0.0162. The van der Waals surface area contributed by atoms with Crippen LogP contribution >= 0.6 is 0 Å². The molecular weight excluding hydrogens is 733 g/mol. The molecular formula is C48H60N2OSi4. The molecule has 0 fully saturated rings. The van der Waals surface area contributed by atoms with Gasteiger partial charge in [-0.1, -0.05) is 186 Å². The Bertz CT molecular complexity index is 1900. The van der Waals surface area contributed by atoms with Gasteiger partial charge in [0.1, 0.15) is 0 Å². The molecule has 2 aromatic heterocycles. The van der Waals surface area contributed by atoms with E-state index in [0.717, 1.165) is 24.2 Å². The number of rotatable bonds is 14. The van der Waals surface area contributed by atoms with Crippen molar-refractivity contribution in [2.45, 2.75) is 74.2 Å². The molecule has 4 unspecified atom stereocenters. The van der Waals surface area contributed by atoms with Gasteiger partial charge >= 0.3 is 0 Å². The number of benzene rings is 2. The molecule has 2 aliphatic rings. The number of nitrogens with zero attached hydrogens (tertiary/aromatic N) is 2. The molecule has 3 nitrogen and oxygen atoms in total. The Labute approximate surface area is 340 Å². The molecule has 7 heteroatoms. The SMILES string of the molecule is C=Cc1ccc(C(OC([SiH2]c2ccccc2)([SiH2]C2(C(C)(C)C)C=CC=CC2)c2ccc(C=C)nc2)([SiH2]c2ccccc2)[SiH2]C2(C(C)(C)C)C=CC=CC2)cn1. The van der Waals surface area contributed by atoms with Gasteiger partial charge in [-0.3, -0.25) is 9.97 Å². The lowest BCUT2D eigenvalue weighted by atomic mass is 9.76. The van der Waals surface area contributed by atoms with E-state index < -0.39 is 47.8 Å². The highest BCUT2D eigenvalue weighted by Crippen LogP contribution is 2.57. The summed E-state index contributed by atoms with van der Waals surface area (Å²) in [7, 11) is -4.62. The minimum atomic E-state index is -1.16. The van der Waals surface area contributed by atoms with Crippen molar-refractivity contribution >= 4 is 60.6 Å². The van der Waals surface area contributed by atoms with Gasteiger partial charge in [0.15, 0.2) is 0 Å². The van der Waals surface area contributed by atoms with Gasteiger partial charge in [0.25, 0.3) is 0 Å². The summed E-state index contributed by atoms with van der Waals surface area (Å²) < 4.78 is 8.80. The monoisotopic (exact) mass is 792 g/mol. The second kappa shape index (κ2) is 16.6. The normalized spacial score (nSPS) is 22.7. The zero-order valence-corrected chi connectivity index (χ0v) is 39.6. The van der Waals surface area contributed by atoms with Crippen molar-refractivity contribution in [3.63, 3.8) is 0 Å². The highest BCUT2D eigenvalue weighted by Gasteiger charge is 2.55. The lowest BCUT2D eigenvalue weighted by molar-refractivity contribution is 0.00735. The first-order chi connectivity index (χ1) is 26.3. The molecule has 0 saturated heterocycles. The van der Waals surface area contributed by atoms with Crippen LogP contribution in [0.2, 0.25) is 10.1 Å². The van der Waals surface area contributed by atoms with Crippen LogP contribution in [-0.2, 0) is 14.4 Å². The van der Waals surface area contributed by atoms with Crippen molar-refractivity contribution < 1.29 is 4.74 Å². The maximum atomic E-state index is 8.80. The number of ether oxygens (including phenoxy) is 1. The van der Waals surface area contributed by atoms with Gasteiger partial charge in [0, 0.05) is 12.4 Å². The van der Waals surface area contributed by atoms with E-state index >= 15 is 0 Å². The summed E-state index contributed by atoms with van der Waals surface area (Å²) in [5.41, 5.74) is 4.27. The standard InChI is InChI=1S/C48H60N2OSi4/c1-9-39-29-27-37(35-49-39)47(52-41-23-15-11-16-24-41,54-45(43(3,4)5)31-19-13-20-32-45)51-48(53-42-25-17-12-18-26-42,38-28-30-40(10-2)50-36-38)55-46(44(6,7)8)33-21-14-22-34-46/h9-31,33,35-36H,1-2,32,34,52-55H2,3-8H3. The molecule has 0 saturated carbocycles. The number of aromatic nitrogens is 2. The van der Waals surface area contributed by atoms with E-state index in [4.69, 9.17) is 14.7 Å².